The van der Waals surface area contributed by atoms with Crippen molar-refractivity contribution >= 4 is 11.9 Å². The Balaban J connectivity index is 0.000000589. The van der Waals surface area contributed by atoms with Crippen molar-refractivity contribution in [3.8, 4) is 11.4 Å². The molecule has 1 atom stereocenters. The lowest BCUT2D eigenvalue weighted by Crippen LogP contribution is -2.20. The predicted molar refractivity (Wildman–Crippen MR) is 126 cm³/mol. The van der Waals surface area contributed by atoms with E-state index in [0.29, 0.717) is 5.92 Å². The van der Waals surface area contributed by atoms with E-state index in [1.807, 2.05) is 31.6 Å². The van der Waals surface area contributed by atoms with Gasteiger partial charge in [0.15, 0.2) is 5.82 Å². The zero-order valence-corrected chi connectivity index (χ0v) is 18.6. The van der Waals surface area contributed by atoms with E-state index >= 15 is 0 Å². The van der Waals surface area contributed by atoms with E-state index in [4.69, 9.17) is 4.98 Å². The number of hydrogen-bond donors (Lipinski definition) is 1. The zero-order valence-electron chi connectivity index (χ0n) is 18.6. The minimum absolute atomic E-state index is 0.509. The van der Waals surface area contributed by atoms with Gasteiger partial charge in [-0.15, -0.1) is 0 Å². The summed E-state index contributed by atoms with van der Waals surface area (Å²) in [6.45, 7) is 10.5. The fourth-order valence-electron chi connectivity index (χ4n) is 3.57. The normalized spacial score (nSPS) is 16.0. The summed E-state index contributed by atoms with van der Waals surface area (Å²) < 4.78 is 0. The van der Waals surface area contributed by atoms with Gasteiger partial charge in [-0.1, -0.05) is 51.0 Å². The Labute approximate surface area is 180 Å². The van der Waals surface area contributed by atoms with Gasteiger partial charge in [0.2, 0.25) is 0 Å². The number of allylic oxidation sites excluding steroid dienone is 1. The molecule has 2 aromatic heterocycles. The average Bonchev–Trinajstić information content (AvgIpc) is 3.47. The molecule has 1 N–H and O–H groups in total. The molecule has 0 bridgehead atoms. The number of aromatic nitrogens is 4. The molecule has 3 aromatic rings. The van der Waals surface area contributed by atoms with Crippen molar-refractivity contribution in [1.29, 1.82) is 0 Å². The molecular weight excluding hydrogens is 370 g/mol. The number of aromatic amines is 1. The number of rotatable bonds is 5. The van der Waals surface area contributed by atoms with Crippen LogP contribution in [-0.2, 0) is 0 Å². The lowest BCUT2D eigenvalue weighted by atomic mass is 10.0. The van der Waals surface area contributed by atoms with Crippen LogP contribution in [-0.4, -0.2) is 33.3 Å². The maximum atomic E-state index is 4.83. The highest BCUT2D eigenvalue weighted by molar-refractivity contribution is 5.64. The van der Waals surface area contributed by atoms with Crippen molar-refractivity contribution in [3.63, 3.8) is 0 Å². The summed E-state index contributed by atoms with van der Waals surface area (Å²) in [6.07, 6.45) is 13.7. The number of anilines is 1. The van der Waals surface area contributed by atoms with Crippen LogP contribution in [0.25, 0.3) is 17.5 Å². The second kappa shape index (κ2) is 10.7. The van der Waals surface area contributed by atoms with Crippen molar-refractivity contribution in [1.82, 2.24) is 20.2 Å². The SMILES string of the molecule is C/C=C\c1ccc(-c2nccc(N3CCC(c4cn[nH]c4)C3)n2)cc1C.CCCC. The fourth-order valence-corrected chi connectivity index (χ4v) is 3.57. The second-order valence-corrected chi connectivity index (χ2v) is 7.77. The van der Waals surface area contributed by atoms with Crippen LogP contribution in [0.3, 0.4) is 0 Å². The van der Waals surface area contributed by atoms with Gasteiger partial charge in [-0.25, -0.2) is 9.97 Å². The molecule has 0 spiro atoms. The van der Waals surface area contributed by atoms with E-state index in [0.717, 1.165) is 36.7 Å². The van der Waals surface area contributed by atoms with Gasteiger partial charge in [0.05, 0.1) is 6.20 Å². The van der Waals surface area contributed by atoms with Gasteiger partial charge in [0, 0.05) is 37.0 Å². The molecule has 30 heavy (non-hydrogen) atoms. The van der Waals surface area contributed by atoms with E-state index in [-0.39, 0.29) is 0 Å². The maximum absolute atomic E-state index is 4.83. The summed E-state index contributed by atoms with van der Waals surface area (Å²) in [5.41, 5.74) is 4.80. The Morgan fingerprint density at radius 3 is 2.70 bits per heavy atom. The van der Waals surface area contributed by atoms with Crippen LogP contribution in [0.4, 0.5) is 5.82 Å². The first-order chi connectivity index (χ1) is 14.7. The van der Waals surface area contributed by atoms with Gasteiger partial charge >= 0.3 is 0 Å². The Morgan fingerprint density at radius 1 is 1.20 bits per heavy atom. The Hall–Kier alpha value is -2.95. The molecule has 1 aromatic carbocycles. The van der Waals surface area contributed by atoms with Gasteiger partial charge in [0.1, 0.15) is 5.82 Å². The second-order valence-electron chi connectivity index (χ2n) is 7.77. The van der Waals surface area contributed by atoms with Gasteiger partial charge in [0.25, 0.3) is 0 Å². The molecule has 158 valence electrons. The third-order valence-corrected chi connectivity index (χ3v) is 5.52. The number of nitrogens with zero attached hydrogens (tertiary/aromatic N) is 4. The topological polar surface area (TPSA) is 57.7 Å². The molecule has 1 aliphatic rings. The first-order valence-corrected chi connectivity index (χ1v) is 11.0. The van der Waals surface area contributed by atoms with Crippen LogP contribution in [0.15, 0.2) is 48.9 Å². The van der Waals surface area contributed by atoms with Crippen molar-refractivity contribution in [2.75, 3.05) is 18.0 Å². The standard InChI is InChI=1S/C21H23N5.C4H10/c1-3-4-16-5-6-17(11-15(16)2)21-22-9-7-20(25-21)26-10-8-18(14-26)19-12-23-24-13-19;1-3-4-2/h3-7,9,11-13,18H,8,10,14H2,1-2H3,(H,23,24);3-4H2,1-2H3/b4-3-;. The van der Waals surface area contributed by atoms with Crippen molar-refractivity contribution in [3.05, 3.63) is 65.6 Å². The molecule has 0 saturated carbocycles. The van der Waals surface area contributed by atoms with Crippen LogP contribution >= 0.6 is 0 Å². The summed E-state index contributed by atoms with van der Waals surface area (Å²) in [7, 11) is 0. The highest BCUT2D eigenvalue weighted by Crippen LogP contribution is 2.30. The largest absolute Gasteiger partial charge is 0.356 e. The number of H-pyrrole nitrogens is 1. The minimum atomic E-state index is 0.509. The van der Waals surface area contributed by atoms with Gasteiger partial charge in [-0.3, -0.25) is 5.10 Å². The fraction of sp³-hybridized carbons (Fsp3) is 0.400. The first-order valence-electron chi connectivity index (χ1n) is 11.0. The average molecular weight is 404 g/mol. The lowest BCUT2D eigenvalue weighted by molar-refractivity contribution is 0.775. The first kappa shape index (κ1) is 21.8. The molecule has 0 aliphatic carbocycles. The maximum Gasteiger partial charge on any atom is 0.161 e. The van der Waals surface area contributed by atoms with Crippen molar-refractivity contribution in [2.45, 2.75) is 52.9 Å². The van der Waals surface area contributed by atoms with Crippen molar-refractivity contribution < 1.29 is 0 Å². The van der Waals surface area contributed by atoms with Crippen LogP contribution in [0, 0.1) is 6.92 Å². The van der Waals surface area contributed by atoms with Crippen LogP contribution in [0.5, 0.6) is 0 Å². The molecule has 1 unspecified atom stereocenters. The minimum Gasteiger partial charge on any atom is -0.356 e. The Bertz CT molecular complexity index is 944. The Kier molecular flexibility index (Phi) is 7.77. The smallest absolute Gasteiger partial charge is 0.161 e. The molecule has 1 fully saturated rings. The van der Waals surface area contributed by atoms with Gasteiger partial charge in [-0.2, -0.15) is 5.10 Å². The molecule has 0 radical (unpaired) electrons. The summed E-state index contributed by atoms with van der Waals surface area (Å²) >= 11 is 0. The van der Waals surface area contributed by atoms with E-state index < -0.39 is 0 Å². The highest BCUT2D eigenvalue weighted by atomic mass is 15.2. The van der Waals surface area contributed by atoms with Gasteiger partial charge in [-0.05, 0) is 49.1 Å². The monoisotopic (exact) mass is 403 g/mol. The van der Waals surface area contributed by atoms with Crippen LogP contribution < -0.4 is 4.90 Å². The third kappa shape index (κ3) is 5.35. The van der Waals surface area contributed by atoms with E-state index in [1.54, 1.807) is 0 Å². The molecule has 0 amide bonds. The summed E-state index contributed by atoms with van der Waals surface area (Å²) in [5.74, 6) is 2.29. The summed E-state index contributed by atoms with van der Waals surface area (Å²) in [5, 5.41) is 6.98. The van der Waals surface area contributed by atoms with Gasteiger partial charge < -0.3 is 4.90 Å². The quantitative estimate of drug-likeness (QED) is 0.567. The molecule has 1 aliphatic heterocycles. The molecule has 3 heterocycles. The molecule has 5 heteroatoms. The summed E-state index contributed by atoms with van der Waals surface area (Å²) in [4.78, 5) is 11.7. The highest BCUT2D eigenvalue weighted by Gasteiger charge is 2.25. The summed E-state index contributed by atoms with van der Waals surface area (Å²) in [6, 6.07) is 8.39. The molecule has 5 nitrogen and oxygen atoms in total. The van der Waals surface area contributed by atoms with E-state index in [9.17, 15) is 0 Å². The zero-order chi connectivity index (χ0) is 21.3. The predicted octanol–water partition coefficient (Wildman–Crippen LogP) is 6.01. The number of benzene rings is 1. The third-order valence-electron chi connectivity index (χ3n) is 5.52. The Morgan fingerprint density at radius 2 is 2.03 bits per heavy atom. The number of hydrogen-bond acceptors (Lipinski definition) is 4. The van der Waals surface area contributed by atoms with Crippen LogP contribution in [0.1, 0.15) is 62.6 Å². The van der Waals surface area contributed by atoms with Crippen LogP contribution in [0.2, 0.25) is 0 Å². The number of nitrogens with one attached hydrogen (secondary N) is 1. The van der Waals surface area contributed by atoms with E-state index in [2.05, 4.69) is 71.2 Å². The van der Waals surface area contributed by atoms with E-state index in [1.165, 1.54) is 29.5 Å². The molecular formula is C25H33N5. The van der Waals surface area contributed by atoms with Crippen molar-refractivity contribution in [2.24, 2.45) is 0 Å². The molecule has 4 rings (SSSR count). The number of aryl methyl sites for hydroxylation is 1. The molecule has 1 saturated heterocycles. The number of unbranched alkanes of at least 4 members (excludes halogenated alkanes) is 1. The lowest BCUT2D eigenvalue weighted by Gasteiger charge is -2.18.